The summed E-state index contributed by atoms with van der Waals surface area (Å²) in [6.07, 6.45) is 10.6. The molecule has 0 spiro atoms. The summed E-state index contributed by atoms with van der Waals surface area (Å²) < 4.78 is 36.5. The minimum atomic E-state index is -1.01. The smallest absolute Gasteiger partial charge is 0.363 e. The number of nitrogens with zero attached hydrogens (tertiary/aromatic N) is 5. The number of nitro groups is 1. The Hall–Kier alpha value is -3.81. The second-order valence-electron chi connectivity index (χ2n) is 10.6. The molecule has 3 aliphatic heterocycles. The van der Waals surface area contributed by atoms with Crippen molar-refractivity contribution in [2.75, 3.05) is 37.4 Å². The highest BCUT2D eigenvalue weighted by Gasteiger charge is 2.29. The van der Waals surface area contributed by atoms with Crippen LogP contribution in [0.4, 0.5) is 20.3 Å². The van der Waals surface area contributed by atoms with Crippen LogP contribution in [0.25, 0.3) is 10.9 Å². The summed E-state index contributed by atoms with van der Waals surface area (Å²) in [4.78, 5) is 32.9. The van der Waals surface area contributed by atoms with E-state index in [0.717, 1.165) is 36.7 Å². The molecule has 0 radical (unpaired) electrons. The maximum Gasteiger partial charge on any atom is 0.363 e. The molecule has 0 aliphatic carbocycles. The topological polar surface area (TPSA) is 106 Å². The third-order valence-corrected chi connectivity index (χ3v) is 9.05. The van der Waals surface area contributed by atoms with Gasteiger partial charge in [-0.1, -0.05) is 0 Å². The second-order valence-corrected chi connectivity index (χ2v) is 11.7. The Morgan fingerprint density at radius 1 is 1.29 bits per heavy atom. The number of aromatic nitrogens is 2. The maximum atomic E-state index is 14.6. The first-order valence-corrected chi connectivity index (χ1v) is 14.7. The van der Waals surface area contributed by atoms with Gasteiger partial charge in [0.05, 0.1) is 21.5 Å². The predicted octanol–water partition coefficient (Wildman–Crippen LogP) is 4.18. The van der Waals surface area contributed by atoms with Crippen molar-refractivity contribution in [3.8, 4) is 0 Å². The third kappa shape index (κ3) is 5.51. The number of halogens is 2. The van der Waals surface area contributed by atoms with Gasteiger partial charge in [-0.2, -0.15) is 0 Å². The van der Waals surface area contributed by atoms with E-state index in [1.165, 1.54) is 24.0 Å². The van der Waals surface area contributed by atoms with Crippen LogP contribution in [0, 0.1) is 21.7 Å². The monoisotopic (exact) mass is 596 g/mol. The summed E-state index contributed by atoms with van der Waals surface area (Å²) in [7, 11) is 1.62. The van der Waals surface area contributed by atoms with Crippen molar-refractivity contribution in [1.29, 1.82) is 0 Å². The van der Waals surface area contributed by atoms with Crippen LogP contribution in [0.1, 0.15) is 18.4 Å². The average molecular weight is 597 g/mol. The molecule has 0 bridgehead atoms. The fraction of sp³-hybridized carbons (Fsp3) is 0.379. The van der Waals surface area contributed by atoms with Crippen LogP contribution in [0.3, 0.4) is 0 Å². The van der Waals surface area contributed by atoms with E-state index in [9.17, 15) is 23.7 Å². The summed E-state index contributed by atoms with van der Waals surface area (Å²) >= 11 is 1.23. The van der Waals surface area contributed by atoms with Crippen molar-refractivity contribution in [2.24, 2.45) is 0 Å². The van der Waals surface area contributed by atoms with E-state index < -0.39 is 16.6 Å². The number of thioether (sulfide) groups is 1. The van der Waals surface area contributed by atoms with E-state index in [4.69, 9.17) is 4.74 Å². The van der Waals surface area contributed by atoms with E-state index in [2.05, 4.69) is 20.1 Å². The predicted molar refractivity (Wildman–Crippen MR) is 157 cm³/mol. The summed E-state index contributed by atoms with van der Waals surface area (Å²) in [5.41, 5.74) is 2.48. The van der Waals surface area contributed by atoms with Crippen LogP contribution in [-0.2, 0) is 17.8 Å². The fourth-order valence-electron chi connectivity index (χ4n) is 5.92. The zero-order chi connectivity index (χ0) is 29.4. The van der Waals surface area contributed by atoms with Gasteiger partial charge in [-0.15, -0.1) is 11.8 Å². The van der Waals surface area contributed by atoms with E-state index in [1.807, 2.05) is 22.9 Å². The molecule has 5 heterocycles. The highest BCUT2D eigenvalue weighted by molar-refractivity contribution is 7.99. The number of piperidine rings is 1. The molecule has 42 heavy (non-hydrogen) atoms. The molecule has 1 aromatic carbocycles. The zero-order valence-electron chi connectivity index (χ0n) is 23.0. The molecule has 1 fully saturated rings. The number of aryl methyl sites for hydroxylation is 1. The molecule has 220 valence electrons. The molecule has 13 heteroatoms. The number of benzene rings is 1. The van der Waals surface area contributed by atoms with Crippen LogP contribution >= 0.6 is 11.8 Å². The van der Waals surface area contributed by atoms with Crippen molar-refractivity contribution in [3.05, 3.63) is 92.1 Å². The Labute approximate surface area is 244 Å². The molecule has 10 nitrogen and oxygen atoms in total. The minimum absolute atomic E-state index is 0.0339. The fourth-order valence-corrected chi connectivity index (χ4v) is 7.00. The van der Waals surface area contributed by atoms with Crippen molar-refractivity contribution in [2.45, 2.75) is 43.1 Å². The van der Waals surface area contributed by atoms with Crippen LogP contribution in [0.15, 0.2) is 64.2 Å². The average Bonchev–Trinajstić information content (AvgIpc) is 3.01. The molecule has 6 rings (SSSR count). The number of ether oxygens (including phenoxy) is 1. The first-order chi connectivity index (χ1) is 20.3. The van der Waals surface area contributed by atoms with Crippen LogP contribution in [0.5, 0.6) is 0 Å². The first kappa shape index (κ1) is 28.3. The lowest BCUT2D eigenvalue weighted by Crippen LogP contribution is -2.49. The van der Waals surface area contributed by atoms with Gasteiger partial charge < -0.3 is 29.6 Å². The van der Waals surface area contributed by atoms with Crippen molar-refractivity contribution < 1.29 is 18.4 Å². The van der Waals surface area contributed by atoms with Crippen molar-refractivity contribution in [1.82, 2.24) is 19.8 Å². The second kappa shape index (κ2) is 11.8. The number of pyridine rings is 2. The Bertz CT molecular complexity index is 1640. The number of hydrogen-bond donors (Lipinski definition) is 1. The summed E-state index contributed by atoms with van der Waals surface area (Å²) in [5, 5.41) is 14.4. The van der Waals surface area contributed by atoms with Crippen molar-refractivity contribution >= 4 is 34.2 Å². The quantitative estimate of drug-likeness (QED) is 0.303. The lowest BCUT2D eigenvalue weighted by Gasteiger charge is -2.40. The maximum absolute atomic E-state index is 14.6. The normalized spacial score (nSPS) is 20.1. The van der Waals surface area contributed by atoms with Crippen LogP contribution in [-0.4, -0.2) is 64.1 Å². The molecule has 2 unspecified atom stereocenters. The van der Waals surface area contributed by atoms with E-state index >= 15 is 0 Å². The van der Waals surface area contributed by atoms with Gasteiger partial charge in [0.1, 0.15) is 6.23 Å². The lowest BCUT2D eigenvalue weighted by atomic mass is 10.0. The van der Waals surface area contributed by atoms with Gasteiger partial charge in [0.2, 0.25) is 0 Å². The van der Waals surface area contributed by atoms with Gasteiger partial charge in [0.15, 0.2) is 23.3 Å². The molecule has 2 atom stereocenters. The van der Waals surface area contributed by atoms with Gasteiger partial charge in [-0.05, 0) is 58.8 Å². The van der Waals surface area contributed by atoms with Gasteiger partial charge in [0, 0.05) is 69.5 Å². The SMILES string of the molecule is COC1C=C(CN(Cc2cn3c4c(c(F)c(F)cc4c2=O)SCC3)C2CCCN(c3ccc([N+](=O)[O-])nc3)C2)C=CN1. The molecular weight excluding hydrogens is 566 g/mol. The number of methoxy groups -OCH3 is 1. The standard InChI is InChI=1S/C29H30F2N6O4S/c1-41-25-11-18(6-7-32-25)14-36(21-3-2-8-34(17-21)20-4-5-24(33-13-20)37(39)40)16-19-15-35-9-10-42-29-26(31)23(30)12-22(27(29)35)28(19)38/h4-7,11-13,15,21,25,32H,2-3,8-10,14,16-17H2,1H3. The van der Waals surface area contributed by atoms with Crippen LogP contribution in [0.2, 0.25) is 0 Å². The van der Waals surface area contributed by atoms with Crippen LogP contribution < -0.4 is 15.6 Å². The molecule has 1 N–H and O–H groups in total. The lowest BCUT2D eigenvalue weighted by molar-refractivity contribution is -0.389. The number of rotatable bonds is 8. The number of nitrogens with one attached hydrogen (secondary N) is 1. The van der Waals surface area contributed by atoms with Gasteiger partial charge in [-0.3, -0.25) is 9.69 Å². The van der Waals surface area contributed by atoms with E-state index in [-0.39, 0.29) is 33.8 Å². The molecule has 3 aromatic rings. The zero-order valence-corrected chi connectivity index (χ0v) is 23.8. The van der Waals surface area contributed by atoms with E-state index in [0.29, 0.717) is 43.0 Å². The molecular formula is C29H30F2N6O4S. The Balaban J connectivity index is 1.35. The van der Waals surface area contributed by atoms with E-state index in [1.54, 1.807) is 19.4 Å². The Kier molecular flexibility index (Phi) is 7.97. The Morgan fingerprint density at radius 2 is 2.14 bits per heavy atom. The number of hydrogen-bond acceptors (Lipinski definition) is 9. The molecule has 2 aromatic heterocycles. The largest absolute Gasteiger partial charge is 0.367 e. The minimum Gasteiger partial charge on any atom is -0.367 e. The summed E-state index contributed by atoms with van der Waals surface area (Å²) in [5.74, 6) is -1.54. The van der Waals surface area contributed by atoms with Gasteiger partial charge >= 0.3 is 5.82 Å². The number of anilines is 1. The van der Waals surface area contributed by atoms with Crippen molar-refractivity contribution in [3.63, 3.8) is 0 Å². The summed E-state index contributed by atoms with van der Waals surface area (Å²) in [6.45, 7) is 2.84. The van der Waals surface area contributed by atoms with Gasteiger partial charge in [0.25, 0.3) is 0 Å². The third-order valence-electron chi connectivity index (χ3n) is 8.00. The number of dihydropyridines is 1. The molecule has 1 saturated heterocycles. The molecule has 0 saturated carbocycles. The molecule has 3 aliphatic rings. The highest BCUT2D eigenvalue weighted by Crippen LogP contribution is 2.35. The van der Waals surface area contributed by atoms with Gasteiger partial charge in [-0.25, -0.2) is 8.78 Å². The summed E-state index contributed by atoms with van der Waals surface area (Å²) in [6, 6.07) is 4.18. The Morgan fingerprint density at radius 3 is 2.90 bits per heavy atom. The molecule has 0 amide bonds. The first-order valence-electron chi connectivity index (χ1n) is 13.7. The highest BCUT2D eigenvalue weighted by atomic mass is 32.2.